The van der Waals surface area contributed by atoms with Crippen molar-refractivity contribution in [1.82, 2.24) is 9.97 Å². The summed E-state index contributed by atoms with van der Waals surface area (Å²) in [6, 6.07) is 0. The van der Waals surface area contributed by atoms with Crippen molar-refractivity contribution in [1.29, 1.82) is 0 Å². The molecule has 5 heteroatoms. The van der Waals surface area contributed by atoms with Gasteiger partial charge in [-0.3, -0.25) is 0 Å². The molecule has 0 saturated carbocycles. The van der Waals surface area contributed by atoms with Crippen LogP contribution < -0.4 is 0 Å². The Kier molecular flexibility index (Phi) is 2.33. The molecule has 68 valence electrons. The van der Waals surface area contributed by atoms with Crippen molar-refractivity contribution >= 4 is 22.9 Å². The Balaban J connectivity index is 2.35. The Morgan fingerprint density at radius 1 is 1.62 bits per heavy atom. The van der Waals surface area contributed by atoms with Crippen LogP contribution in [0.3, 0.4) is 0 Å². The largest absolute Gasteiger partial charge is 0.449 e. The molecular weight excluding hydrogens is 208 g/mol. The Morgan fingerprint density at radius 2 is 2.46 bits per heavy atom. The van der Waals surface area contributed by atoms with Gasteiger partial charge in [0.1, 0.15) is 17.0 Å². The van der Waals surface area contributed by atoms with Gasteiger partial charge in [-0.2, -0.15) is 0 Å². The van der Waals surface area contributed by atoms with E-state index in [-0.39, 0.29) is 0 Å². The maximum absolute atomic E-state index is 5.66. The number of nitrogens with zero attached hydrogens (tertiary/aromatic N) is 2. The molecule has 0 bridgehead atoms. The van der Waals surface area contributed by atoms with Crippen molar-refractivity contribution in [2.45, 2.75) is 12.8 Å². The third-order valence-corrected chi connectivity index (χ3v) is 2.99. The summed E-state index contributed by atoms with van der Waals surface area (Å²) in [7, 11) is 0. The quantitative estimate of drug-likeness (QED) is 0.722. The van der Waals surface area contributed by atoms with Gasteiger partial charge in [-0.05, 0) is 0 Å². The first kappa shape index (κ1) is 8.72. The molecule has 2 aromatic rings. The number of thiazole rings is 1. The number of hydrogen-bond acceptors (Lipinski definition) is 4. The van der Waals surface area contributed by atoms with Crippen LogP contribution in [0.1, 0.15) is 10.8 Å². The van der Waals surface area contributed by atoms with Gasteiger partial charge in [0, 0.05) is 18.0 Å². The molecule has 2 rings (SSSR count). The SMILES string of the molecule is Cc1nc(-c2ncc(CCl)s2)co1. The maximum atomic E-state index is 5.66. The van der Waals surface area contributed by atoms with Crippen LogP contribution in [0.4, 0.5) is 0 Å². The Bertz CT molecular complexity index is 410. The second-order valence-corrected chi connectivity index (χ2v) is 3.90. The van der Waals surface area contributed by atoms with E-state index in [2.05, 4.69) is 9.97 Å². The van der Waals surface area contributed by atoms with Crippen molar-refractivity contribution in [3.05, 3.63) is 23.2 Å². The Morgan fingerprint density at radius 3 is 3.00 bits per heavy atom. The molecule has 0 aliphatic carbocycles. The van der Waals surface area contributed by atoms with E-state index in [0.29, 0.717) is 11.8 Å². The number of oxazole rings is 1. The molecule has 0 aromatic carbocycles. The molecule has 2 aromatic heterocycles. The van der Waals surface area contributed by atoms with Crippen LogP contribution in [0.2, 0.25) is 0 Å². The standard InChI is InChI=1S/C8H7ClN2OS/c1-5-11-7(4-12-5)8-10-3-6(2-9)13-8/h3-4H,2H2,1H3. The van der Waals surface area contributed by atoms with E-state index >= 15 is 0 Å². The highest BCUT2D eigenvalue weighted by atomic mass is 35.5. The van der Waals surface area contributed by atoms with E-state index in [1.165, 1.54) is 11.3 Å². The van der Waals surface area contributed by atoms with Crippen LogP contribution in [0, 0.1) is 6.92 Å². The molecule has 0 aliphatic heterocycles. The Labute approximate surface area is 84.4 Å². The second kappa shape index (κ2) is 3.47. The van der Waals surface area contributed by atoms with E-state index in [1.54, 1.807) is 19.4 Å². The van der Waals surface area contributed by atoms with E-state index < -0.39 is 0 Å². The second-order valence-electron chi connectivity index (χ2n) is 2.52. The minimum absolute atomic E-state index is 0.495. The van der Waals surface area contributed by atoms with Gasteiger partial charge in [0.05, 0.1) is 5.88 Å². The number of hydrogen-bond donors (Lipinski definition) is 0. The van der Waals surface area contributed by atoms with Crippen LogP contribution in [0.25, 0.3) is 10.7 Å². The molecule has 0 atom stereocenters. The number of aryl methyl sites for hydroxylation is 1. The van der Waals surface area contributed by atoms with Crippen molar-refractivity contribution in [2.75, 3.05) is 0 Å². The predicted molar refractivity (Wildman–Crippen MR) is 51.9 cm³/mol. The number of rotatable bonds is 2. The van der Waals surface area contributed by atoms with Crippen LogP contribution in [-0.2, 0) is 5.88 Å². The molecule has 0 N–H and O–H groups in total. The van der Waals surface area contributed by atoms with Crippen molar-refractivity contribution < 1.29 is 4.42 Å². The maximum Gasteiger partial charge on any atom is 0.191 e. The summed E-state index contributed by atoms with van der Waals surface area (Å²) in [5.74, 6) is 1.15. The lowest BCUT2D eigenvalue weighted by atomic mass is 10.5. The smallest absolute Gasteiger partial charge is 0.191 e. The molecule has 0 fully saturated rings. The van der Waals surface area contributed by atoms with Crippen LogP contribution >= 0.6 is 22.9 Å². The van der Waals surface area contributed by atoms with Crippen LogP contribution in [-0.4, -0.2) is 9.97 Å². The normalized spacial score (nSPS) is 10.6. The summed E-state index contributed by atoms with van der Waals surface area (Å²) < 4.78 is 5.08. The minimum Gasteiger partial charge on any atom is -0.449 e. The fourth-order valence-electron chi connectivity index (χ4n) is 0.949. The van der Waals surface area contributed by atoms with Crippen LogP contribution in [0.5, 0.6) is 0 Å². The lowest BCUT2D eigenvalue weighted by Gasteiger charge is -1.83. The summed E-state index contributed by atoms with van der Waals surface area (Å²) in [6.07, 6.45) is 3.36. The summed E-state index contributed by atoms with van der Waals surface area (Å²) >= 11 is 7.19. The number of alkyl halides is 1. The van der Waals surface area contributed by atoms with Gasteiger partial charge in [-0.15, -0.1) is 22.9 Å². The van der Waals surface area contributed by atoms with Crippen LogP contribution in [0.15, 0.2) is 16.9 Å². The summed E-state index contributed by atoms with van der Waals surface area (Å²) in [5.41, 5.74) is 0.777. The lowest BCUT2D eigenvalue weighted by Crippen LogP contribution is -1.74. The number of halogens is 1. The number of aromatic nitrogens is 2. The van der Waals surface area contributed by atoms with Crippen molar-refractivity contribution in [3.63, 3.8) is 0 Å². The zero-order valence-corrected chi connectivity index (χ0v) is 8.52. The molecule has 0 aliphatic rings. The molecule has 0 radical (unpaired) electrons. The van der Waals surface area contributed by atoms with Gasteiger partial charge in [-0.25, -0.2) is 9.97 Å². The van der Waals surface area contributed by atoms with Crippen molar-refractivity contribution in [2.24, 2.45) is 0 Å². The molecule has 13 heavy (non-hydrogen) atoms. The summed E-state index contributed by atoms with van der Waals surface area (Å²) in [4.78, 5) is 9.39. The molecule has 3 nitrogen and oxygen atoms in total. The highest BCUT2D eigenvalue weighted by Gasteiger charge is 2.07. The first-order valence-electron chi connectivity index (χ1n) is 3.73. The highest BCUT2D eigenvalue weighted by Crippen LogP contribution is 2.24. The molecule has 0 unspecified atom stereocenters. The zero-order valence-electron chi connectivity index (χ0n) is 6.95. The summed E-state index contributed by atoms with van der Waals surface area (Å²) in [6.45, 7) is 1.81. The van der Waals surface area contributed by atoms with Gasteiger partial charge in [-0.1, -0.05) is 0 Å². The van der Waals surface area contributed by atoms with Gasteiger partial charge in [0.15, 0.2) is 5.89 Å². The average Bonchev–Trinajstić information content (AvgIpc) is 2.71. The van der Waals surface area contributed by atoms with E-state index in [0.717, 1.165) is 15.6 Å². The predicted octanol–water partition coefficient (Wildman–Crippen LogP) is 2.85. The first-order chi connectivity index (χ1) is 6.29. The monoisotopic (exact) mass is 214 g/mol. The first-order valence-corrected chi connectivity index (χ1v) is 5.08. The average molecular weight is 215 g/mol. The van der Waals surface area contributed by atoms with Crippen molar-refractivity contribution in [3.8, 4) is 10.7 Å². The van der Waals surface area contributed by atoms with E-state index in [4.69, 9.17) is 16.0 Å². The fraction of sp³-hybridized carbons (Fsp3) is 0.250. The fourth-order valence-corrected chi connectivity index (χ4v) is 1.89. The van der Waals surface area contributed by atoms with Gasteiger partial charge >= 0.3 is 0 Å². The minimum atomic E-state index is 0.495. The molecule has 0 spiro atoms. The van der Waals surface area contributed by atoms with Gasteiger partial charge in [0.25, 0.3) is 0 Å². The lowest BCUT2D eigenvalue weighted by molar-refractivity contribution is 0.521. The molecule has 0 amide bonds. The summed E-state index contributed by atoms with van der Waals surface area (Å²) in [5, 5.41) is 0.854. The molecule has 0 saturated heterocycles. The van der Waals surface area contributed by atoms with Gasteiger partial charge in [0.2, 0.25) is 0 Å². The highest BCUT2D eigenvalue weighted by molar-refractivity contribution is 7.15. The van der Waals surface area contributed by atoms with E-state index in [9.17, 15) is 0 Å². The third-order valence-electron chi connectivity index (χ3n) is 1.52. The topological polar surface area (TPSA) is 38.9 Å². The Hall–Kier alpha value is -0.870. The van der Waals surface area contributed by atoms with E-state index in [1.807, 2.05) is 0 Å². The zero-order chi connectivity index (χ0) is 9.26. The molecular formula is C8H7ClN2OS. The van der Waals surface area contributed by atoms with Gasteiger partial charge < -0.3 is 4.42 Å². The third kappa shape index (κ3) is 1.73. The molecule has 2 heterocycles.